The Bertz CT molecular complexity index is 937. The number of hydrogen-bond acceptors (Lipinski definition) is 7. The second-order valence-corrected chi connectivity index (χ2v) is 7.05. The Morgan fingerprint density at radius 3 is 2.64 bits per heavy atom. The Balaban J connectivity index is 1.90. The third-order valence-electron chi connectivity index (χ3n) is 4.14. The van der Waals surface area contributed by atoms with Crippen molar-refractivity contribution in [2.75, 3.05) is 25.8 Å². The van der Waals surface area contributed by atoms with Crippen LogP contribution in [0.5, 0.6) is 11.5 Å². The molecule has 1 aromatic heterocycles. The van der Waals surface area contributed by atoms with Gasteiger partial charge in [0.25, 0.3) is 11.8 Å². The number of methoxy groups -OCH3 is 1. The van der Waals surface area contributed by atoms with Gasteiger partial charge in [0.2, 0.25) is 6.79 Å². The molecule has 0 radical (unpaired) electrons. The highest BCUT2D eigenvalue weighted by Gasteiger charge is 2.27. The molecule has 28 heavy (non-hydrogen) atoms. The number of benzene rings is 1. The summed E-state index contributed by atoms with van der Waals surface area (Å²) in [5, 5.41) is 5.74. The Kier molecular flexibility index (Phi) is 5.84. The number of carbonyl (C=O) groups excluding carboxylic acids is 3. The number of esters is 1. The lowest BCUT2D eigenvalue weighted by molar-refractivity contribution is 0.0601. The predicted molar refractivity (Wildman–Crippen MR) is 104 cm³/mol. The van der Waals surface area contributed by atoms with Crippen LogP contribution in [0.4, 0.5) is 5.00 Å². The Morgan fingerprint density at radius 2 is 1.93 bits per heavy atom. The highest BCUT2D eigenvalue weighted by Crippen LogP contribution is 2.35. The molecule has 0 saturated heterocycles. The summed E-state index contributed by atoms with van der Waals surface area (Å²) in [4.78, 5) is 37.7. The molecular weight excluding hydrogens is 384 g/mol. The van der Waals surface area contributed by atoms with Gasteiger partial charge in [-0.15, -0.1) is 11.3 Å². The average molecular weight is 404 g/mol. The van der Waals surface area contributed by atoms with E-state index in [0.29, 0.717) is 34.0 Å². The molecule has 0 atom stereocenters. The Hall–Kier alpha value is -3.07. The first-order valence-electron chi connectivity index (χ1n) is 8.67. The summed E-state index contributed by atoms with van der Waals surface area (Å²) in [6.45, 7) is 4.22. The van der Waals surface area contributed by atoms with Crippen molar-refractivity contribution in [1.29, 1.82) is 0 Å². The largest absolute Gasteiger partial charge is 0.465 e. The molecule has 2 aromatic rings. The van der Waals surface area contributed by atoms with E-state index < -0.39 is 11.9 Å². The molecule has 2 N–H and O–H groups in total. The van der Waals surface area contributed by atoms with Gasteiger partial charge in [-0.1, -0.05) is 6.92 Å². The number of amides is 2. The van der Waals surface area contributed by atoms with Crippen LogP contribution < -0.4 is 20.1 Å². The van der Waals surface area contributed by atoms with E-state index in [4.69, 9.17) is 14.2 Å². The van der Waals surface area contributed by atoms with Crippen LogP contribution in [-0.4, -0.2) is 38.2 Å². The van der Waals surface area contributed by atoms with Crippen LogP contribution in [0.1, 0.15) is 49.3 Å². The number of hydrogen-bond donors (Lipinski definition) is 2. The van der Waals surface area contributed by atoms with E-state index in [2.05, 4.69) is 10.6 Å². The summed E-state index contributed by atoms with van der Waals surface area (Å²) in [5.41, 5.74) is 0.970. The normalized spacial score (nSPS) is 11.8. The maximum absolute atomic E-state index is 12.7. The third kappa shape index (κ3) is 3.79. The summed E-state index contributed by atoms with van der Waals surface area (Å²) in [5.74, 6) is -0.316. The van der Waals surface area contributed by atoms with Gasteiger partial charge in [-0.2, -0.15) is 0 Å². The molecule has 0 unspecified atom stereocenters. The van der Waals surface area contributed by atoms with E-state index in [0.717, 1.165) is 17.8 Å². The second-order valence-electron chi connectivity index (χ2n) is 6.03. The molecule has 2 amide bonds. The van der Waals surface area contributed by atoms with Crippen LogP contribution in [-0.2, 0) is 4.74 Å². The van der Waals surface area contributed by atoms with Crippen molar-refractivity contribution >= 4 is 34.1 Å². The van der Waals surface area contributed by atoms with Gasteiger partial charge in [-0.3, -0.25) is 9.59 Å². The SMILES string of the molecule is CCCNC(=O)c1sc(NC(=O)c2ccc3c(c2)OCO3)c(C(=O)OC)c1C. The smallest absolute Gasteiger partial charge is 0.341 e. The molecule has 0 aliphatic carbocycles. The molecule has 0 saturated carbocycles. The fraction of sp³-hybridized carbons (Fsp3) is 0.316. The molecular formula is C19H20N2O6S. The van der Waals surface area contributed by atoms with Crippen molar-refractivity contribution < 1.29 is 28.6 Å². The van der Waals surface area contributed by atoms with Crippen molar-refractivity contribution in [1.82, 2.24) is 5.32 Å². The van der Waals surface area contributed by atoms with Crippen molar-refractivity contribution in [3.05, 3.63) is 39.8 Å². The highest BCUT2D eigenvalue weighted by molar-refractivity contribution is 7.18. The van der Waals surface area contributed by atoms with E-state index in [-0.39, 0.29) is 23.3 Å². The van der Waals surface area contributed by atoms with Crippen LogP contribution >= 0.6 is 11.3 Å². The van der Waals surface area contributed by atoms with Crippen LogP contribution in [0.3, 0.4) is 0 Å². The number of carbonyl (C=O) groups is 3. The van der Waals surface area contributed by atoms with Crippen LogP contribution in [0.25, 0.3) is 0 Å². The van der Waals surface area contributed by atoms with E-state index in [9.17, 15) is 14.4 Å². The number of rotatable bonds is 6. The van der Waals surface area contributed by atoms with Crippen LogP contribution in [0.15, 0.2) is 18.2 Å². The number of nitrogens with one attached hydrogen (secondary N) is 2. The van der Waals surface area contributed by atoms with E-state index in [1.54, 1.807) is 25.1 Å². The predicted octanol–water partition coefficient (Wildman–Crippen LogP) is 2.96. The molecule has 1 aromatic carbocycles. The first-order chi connectivity index (χ1) is 13.5. The zero-order chi connectivity index (χ0) is 20.3. The Labute approximate surface area is 165 Å². The molecule has 1 aliphatic rings. The first kappa shape index (κ1) is 19.7. The summed E-state index contributed by atoms with van der Waals surface area (Å²) in [6, 6.07) is 4.79. The quantitative estimate of drug-likeness (QED) is 0.718. The number of ether oxygens (including phenoxy) is 3. The average Bonchev–Trinajstić information content (AvgIpc) is 3.29. The number of thiophene rings is 1. The molecule has 3 rings (SSSR count). The van der Waals surface area contributed by atoms with E-state index >= 15 is 0 Å². The van der Waals surface area contributed by atoms with Gasteiger partial charge in [0.05, 0.1) is 17.6 Å². The topological polar surface area (TPSA) is 103 Å². The van der Waals surface area contributed by atoms with E-state index in [1.807, 2.05) is 6.92 Å². The van der Waals surface area contributed by atoms with Crippen molar-refractivity contribution in [3.8, 4) is 11.5 Å². The van der Waals surface area contributed by atoms with Gasteiger partial charge in [-0.25, -0.2) is 4.79 Å². The molecule has 148 valence electrons. The maximum Gasteiger partial charge on any atom is 0.341 e. The highest BCUT2D eigenvalue weighted by atomic mass is 32.1. The van der Waals surface area contributed by atoms with Crippen molar-refractivity contribution in [2.45, 2.75) is 20.3 Å². The molecule has 0 fully saturated rings. The second kappa shape index (κ2) is 8.30. The third-order valence-corrected chi connectivity index (χ3v) is 5.35. The van der Waals surface area contributed by atoms with Gasteiger partial charge in [0.15, 0.2) is 11.5 Å². The van der Waals surface area contributed by atoms with Gasteiger partial charge in [-0.05, 0) is 37.1 Å². The lowest BCUT2D eigenvalue weighted by atomic mass is 10.1. The zero-order valence-corrected chi connectivity index (χ0v) is 16.5. The molecule has 1 aliphatic heterocycles. The summed E-state index contributed by atoms with van der Waals surface area (Å²) in [7, 11) is 1.25. The lowest BCUT2D eigenvalue weighted by Crippen LogP contribution is -2.23. The first-order valence-corrected chi connectivity index (χ1v) is 9.48. The van der Waals surface area contributed by atoms with Gasteiger partial charge >= 0.3 is 5.97 Å². The van der Waals surface area contributed by atoms with Crippen LogP contribution in [0, 0.1) is 6.92 Å². The molecule has 8 nitrogen and oxygen atoms in total. The minimum Gasteiger partial charge on any atom is -0.465 e. The minimum atomic E-state index is -0.621. The fourth-order valence-electron chi connectivity index (χ4n) is 2.70. The van der Waals surface area contributed by atoms with Crippen molar-refractivity contribution in [2.24, 2.45) is 0 Å². The molecule has 9 heteroatoms. The maximum atomic E-state index is 12.7. The van der Waals surface area contributed by atoms with Crippen LogP contribution in [0.2, 0.25) is 0 Å². The molecule has 0 bridgehead atoms. The van der Waals surface area contributed by atoms with Gasteiger partial charge in [0, 0.05) is 12.1 Å². The van der Waals surface area contributed by atoms with E-state index in [1.165, 1.54) is 7.11 Å². The minimum absolute atomic E-state index is 0.104. The van der Waals surface area contributed by atoms with Gasteiger partial charge < -0.3 is 24.8 Å². The molecule has 2 heterocycles. The monoisotopic (exact) mass is 404 g/mol. The number of anilines is 1. The Morgan fingerprint density at radius 1 is 1.18 bits per heavy atom. The zero-order valence-electron chi connectivity index (χ0n) is 15.7. The van der Waals surface area contributed by atoms with Crippen molar-refractivity contribution in [3.63, 3.8) is 0 Å². The lowest BCUT2D eigenvalue weighted by Gasteiger charge is -2.07. The molecule has 0 spiro atoms. The fourth-order valence-corrected chi connectivity index (χ4v) is 3.80. The van der Waals surface area contributed by atoms with Gasteiger partial charge in [0.1, 0.15) is 5.00 Å². The standard InChI is InChI=1S/C19H20N2O6S/c1-4-7-20-17(23)15-10(2)14(19(24)25-3)18(28-15)21-16(22)11-5-6-12-13(8-11)27-9-26-12/h5-6,8H,4,7,9H2,1-3H3,(H,20,23)(H,21,22). The summed E-state index contributed by atoms with van der Waals surface area (Å²) < 4.78 is 15.3. The number of fused-ring (bicyclic) bond motifs is 1. The summed E-state index contributed by atoms with van der Waals surface area (Å²) >= 11 is 1.04. The summed E-state index contributed by atoms with van der Waals surface area (Å²) in [6.07, 6.45) is 0.785.